The van der Waals surface area contributed by atoms with Crippen LogP contribution in [-0.2, 0) is 14.3 Å². The maximum atomic E-state index is 13.6. The number of fused-ring (bicyclic) bond motifs is 2. The summed E-state index contributed by atoms with van der Waals surface area (Å²) in [6.45, 7) is 2.64. The molecule has 1 N–H and O–H groups in total. The van der Waals surface area contributed by atoms with Gasteiger partial charge in [-0.1, -0.05) is 24.3 Å². The molecule has 1 aromatic heterocycles. The lowest BCUT2D eigenvalue weighted by Gasteiger charge is -2.46. The van der Waals surface area contributed by atoms with E-state index in [0.717, 1.165) is 42.5 Å². The van der Waals surface area contributed by atoms with Crippen molar-refractivity contribution in [3.8, 4) is 11.1 Å². The molecule has 2 aliphatic carbocycles. The monoisotopic (exact) mass is 478 g/mol. The number of benzene rings is 1. The average molecular weight is 479 g/mol. The van der Waals surface area contributed by atoms with Gasteiger partial charge in [0, 0.05) is 23.7 Å². The van der Waals surface area contributed by atoms with Crippen LogP contribution < -0.4 is 5.32 Å². The SMILES string of the molecule is CCOC(=O)N[C@H]1CC[C@@H]2[C@@H](C1)C[C@H]1COC(=O)[C@H]1[C@H]2/C=C/c1ccc(-c2cccc(F)c2)cn1. The van der Waals surface area contributed by atoms with Crippen molar-refractivity contribution in [3.63, 3.8) is 0 Å². The van der Waals surface area contributed by atoms with E-state index in [2.05, 4.69) is 16.4 Å². The van der Waals surface area contributed by atoms with Crippen LogP contribution in [0.2, 0.25) is 0 Å². The molecule has 184 valence electrons. The molecule has 6 nitrogen and oxygen atoms in total. The van der Waals surface area contributed by atoms with Gasteiger partial charge in [-0.2, -0.15) is 0 Å². The predicted octanol–water partition coefficient (Wildman–Crippen LogP) is 5.24. The number of pyridine rings is 1. The third-order valence-corrected chi connectivity index (χ3v) is 7.81. The number of nitrogens with one attached hydrogen (secondary N) is 1. The zero-order valence-electron chi connectivity index (χ0n) is 19.9. The molecule has 1 saturated heterocycles. The average Bonchev–Trinajstić information content (AvgIpc) is 3.22. The van der Waals surface area contributed by atoms with Crippen molar-refractivity contribution in [2.75, 3.05) is 13.2 Å². The van der Waals surface area contributed by atoms with Crippen molar-refractivity contribution in [1.82, 2.24) is 10.3 Å². The number of carbonyl (C=O) groups excluding carboxylic acids is 2. The standard InChI is InChI=1S/C28H31FN2O4/c1-2-34-28(33)31-23-9-10-24-19(14-23)12-20-16-35-27(32)26(20)25(24)11-8-22-7-6-18(15-30-22)17-4-3-5-21(29)13-17/h3-8,11,13,15,19-20,23-26H,2,9-10,12,14,16H2,1H3,(H,31,33)/b11-8+/t19-,20+,23+,24-,25+,26-/m1/s1. The van der Waals surface area contributed by atoms with Crippen LogP contribution in [0.1, 0.15) is 38.3 Å². The Kier molecular flexibility index (Phi) is 6.84. The van der Waals surface area contributed by atoms with Crippen LogP contribution in [0.25, 0.3) is 17.2 Å². The van der Waals surface area contributed by atoms with Crippen LogP contribution in [0.5, 0.6) is 0 Å². The summed E-state index contributed by atoms with van der Waals surface area (Å²) >= 11 is 0. The van der Waals surface area contributed by atoms with Gasteiger partial charge in [0.05, 0.1) is 24.8 Å². The van der Waals surface area contributed by atoms with Gasteiger partial charge in [-0.25, -0.2) is 9.18 Å². The normalized spacial score (nSPS) is 29.8. The van der Waals surface area contributed by atoms with E-state index in [1.54, 1.807) is 19.2 Å². The number of esters is 1. The van der Waals surface area contributed by atoms with Gasteiger partial charge < -0.3 is 14.8 Å². The fourth-order valence-corrected chi connectivity index (χ4v) is 6.27. The lowest BCUT2D eigenvalue weighted by atomic mass is 9.58. The Morgan fingerprint density at radius 2 is 2.09 bits per heavy atom. The van der Waals surface area contributed by atoms with Crippen LogP contribution in [0.15, 0.2) is 48.7 Å². The molecule has 1 aliphatic heterocycles. The molecular formula is C28H31FN2O4. The molecule has 0 radical (unpaired) electrons. The molecule has 6 atom stereocenters. The van der Waals surface area contributed by atoms with Gasteiger partial charge in [-0.05, 0) is 80.2 Å². The first-order valence-electron chi connectivity index (χ1n) is 12.5. The molecule has 1 amide bonds. The van der Waals surface area contributed by atoms with Gasteiger partial charge in [0.15, 0.2) is 0 Å². The van der Waals surface area contributed by atoms with Gasteiger partial charge in [-0.3, -0.25) is 9.78 Å². The Morgan fingerprint density at radius 3 is 2.86 bits per heavy atom. The Bertz CT molecular complexity index is 1100. The minimum Gasteiger partial charge on any atom is -0.465 e. The quantitative estimate of drug-likeness (QED) is 0.595. The molecule has 2 aromatic rings. The molecule has 3 aliphatic rings. The Balaban J connectivity index is 1.32. The van der Waals surface area contributed by atoms with Crippen molar-refractivity contribution in [2.24, 2.45) is 29.6 Å². The summed E-state index contributed by atoms with van der Waals surface area (Å²) < 4.78 is 24.1. The number of hydrogen-bond acceptors (Lipinski definition) is 5. The van der Waals surface area contributed by atoms with Crippen molar-refractivity contribution < 1.29 is 23.5 Å². The van der Waals surface area contributed by atoms with Gasteiger partial charge in [0.25, 0.3) is 0 Å². The van der Waals surface area contributed by atoms with Crippen LogP contribution in [-0.4, -0.2) is 36.3 Å². The highest BCUT2D eigenvalue weighted by Crippen LogP contribution is 2.51. The Morgan fingerprint density at radius 1 is 1.20 bits per heavy atom. The molecule has 2 saturated carbocycles. The second-order valence-electron chi connectivity index (χ2n) is 9.87. The number of alkyl carbamates (subject to hydrolysis) is 1. The number of amides is 1. The first kappa shape index (κ1) is 23.5. The number of cyclic esters (lactones) is 1. The zero-order chi connectivity index (χ0) is 24.4. The molecule has 1 aromatic carbocycles. The van der Waals surface area contributed by atoms with Crippen LogP contribution in [0, 0.1) is 35.4 Å². The van der Waals surface area contributed by atoms with Gasteiger partial charge in [0.2, 0.25) is 0 Å². The number of hydrogen-bond donors (Lipinski definition) is 1. The van der Waals surface area contributed by atoms with Crippen LogP contribution >= 0.6 is 0 Å². The van der Waals surface area contributed by atoms with Gasteiger partial charge in [-0.15, -0.1) is 0 Å². The van der Waals surface area contributed by atoms with E-state index in [4.69, 9.17) is 9.47 Å². The molecule has 7 heteroatoms. The number of carbonyl (C=O) groups is 2. The summed E-state index contributed by atoms with van der Waals surface area (Å²) in [4.78, 5) is 29.1. The third kappa shape index (κ3) is 5.09. The predicted molar refractivity (Wildman–Crippen MR) is 129 cm³/mol. The number of nitrogens with zero attached hydrogens (tertiary/aromatic N) is 1. The van der Waals surface area contributed by atoms with E-state index in [1.165, 1.54) is 12.1 Å². The molecule has 0 bridgehead atoms. The molecule has 2 heterocycles. The number of rotatable bonds is 5. The zero-order valence-corrected chi connectivity index (χ0v) is 19.9. The second-order valence-corrected chi connectivity index (χ2v) is 9.87. The summed E-state index contributed by atoms with van der Waals surface area (Å²) in [7, 11) is 0. The minimum atomic E-state index is -0.353. The lowest BCUT2D eigenvalue weighted by molar-refractivity contribution is -0.143. The van der Waals surface area contributed by atoms with Crippen molar-refractivity contribution in [3.05, 3.63) is 60.2 Å². The Labute approximate surface area is 204 Å². The van der Waals surface area contributed by atoms with E-state index >= 15 is 0 Å². The maximum Gasteiger partial charge on any atom is 0.407 e. The molecule has 35 heavy (non-hydrogen) atoms. The van der Waals surface area contributed by atoms with Crippen LogP contribution in [0.4, 0.5) is 9.18 Å². The minimum absolute atomic E-state index is 0.0852. The van der Waals surface area contributed by atoms with E-state index in [0.29, 0.717) is 25.0 Å². The lowest BCUT2D eigenvalue weighted by Crippen LogP contribution is -2.47. The Hall–Kier alpha value is -3.22. The highest BCUT2D eigenvalue weighted by Gasteiger charge is 2.52. The largest absolute Gasteiger partial charge is 0.465 e. The summed E-state index contributed by atoms with van der Waals surface area (Å²) in [6.07, 6.45) is 9.19. The van der Waals surface area contributed by atoms with Gasteiger partial charge >= 0.3 is 12.1 Å². The second kappa shape index (κ2) is 10.2. The first-order chi connectivity index (χ1) is 17.0. The van der Waals surface area contributed by atoms with Gasteiger partial charge in [0.1, 0.15) is 5.82 Å². The van der Waals surface area contributed by atoms with Crippen molar-refractivity contribution in [1.29, 1.82) is 0 Å². The highest BCUT2D eigenvalue weighted by molar-refractivity contribution is 5.76. The summed E-state index contributed by atoms with van der Waals surface area (Å²) in [6, 6.07) is 10.4. The number of ether oxygens (including phenoxy) is 2. The van der Waals surface area contributed by atoms with E-state index in [1.807, 2.05) is 24.3 Å². The third-order valence-electron chi connectivity index (χ3n) is 7.81. The molecule has 5 rings (SSSR count). The maximum absolute atomic E-state index is 13.6. The summed E-state index contributed by atoms with van der Waals surface area (Å²) in [5.41, 5.74) is 2.44. The molecule has 3 fully saturated rings. The van der Waals surface area contributed by atoms with Crippen LogP contribution in [0.3, 0.4) is 0 Å². The number of halogens is 1. The summed E-state index contributed by atoms with van der Waals surface area (Å²) in [5, 5.41) is 3.01. The highest BCUT2D eigenvalue weighted by atomic mass is 19.1. The van der Waals surface area contributed by atoms with E-state index in [-0.39, 0.29) is 41.7 Å². The summed E-state index contributed by atoms with van der Waals surface area (Å²) in [5.74, 6) is 0.598. The topological polar surface area (TPSA) is 77.5 Å². The van der Waals surface area contributed by atoms with E-state index in [9.17, 15) is 14.0 Å². The fraction of sp³-hybridized carbons (Fsp3) is 0.464. The number of allylic oxidation sites excluding steroid dienone is 1. The number of aromatic nitrogens is 1. The smallest absolute Gasteiger partial charge is 0.407 e. The van der Waals surface area contributed by atoms with Crippen molar-refractivity contribution in [2.45, 2.75) is 38.6 Å². The molecular weight excluding hydrogens is 447 g/mol. The fourth-order valence-electron chi connectivity index (χ4n) is 6.27. The molecule has 0 unspecified atom stereocenters. The molecule has 0 spiro atoms. The van der Waals surface area contributed by atoms with E-state index < -0.39 is 0 Å². The van der Waals surface area contributed by atoms with Crippen molar-refractivity contribution >= 4 is 18.1 Å². The first-order valence-corrected chi connectivity index (χ1v) is 12.5.